The minimum atomic E-state index is -0.195. The minimum Gasteiger partial charge on any atom is -0.349 e. The van der Waals surface area contributed by atoms with Crippen molar-refractivity contribution in [2.75, 3.05) is 6.54 Å². The zero-order chi connectivity index (χ0) is 8.69. The first-order chi connectivity index (χ1) is 5.16. The Labute approximate surface area is 66.2 Å². The predicted octanol–water partition coefficient (Wildman–Crippen LogP) is 0.105. The molecular formula is C8H11NO2. The lowest BCUT2D eigenvalue weighted by Crippen LogP contribution is -2.26. The zero-order valence-corrected chi connectivity index (χ0v) is 6.52. The summed E-state index contributed by atoms with van der Waals surface area (Å²) in [6, 6.07) is 0. The van der Waals surface area contributed by atoms with E-state index in [2.05, 4.69) is 11.2 Å². The van der Waals surface area contributed by atoms with Crippen LogP contribution in [-0.2, 0) is 9.59 Å². The van der Waals surface area contributed by atoms with Crippen LogP contribution in [0.25, 0.3) is 0 Å². The summed E-state index contributed by atoms with van der Waals surface area (Å²) in [5.41, 5.74) is 0. The first-order valence-corrected chi connectivity index (χ1v) is 3.36. The largest absolute Gasteiger partial charge is 0.349 e. The molecule has 0 aliphatic carbocycles. The summed E-state index contributed by atoms with van der Waals surface area (Å²) < 4.78 is 0. The Morgan fingerprint density at radius 2 is 2.18 bits per heavy atom. The van der Waals surface area contributed by atoms with E-state index in [9.17, 15) is 9.59 Å². The summed E-state index contributed by atoms with van der Waals surface area (Å²) in [6.07, 6.45) is 5.73. The molecule has 0 aromatic rings. The highest BCUT2D eigenvalue weighted by Gasteiger charge is 1.99. The fraction of sp³-hybridized carbons (Fsp3) is 0.500. The average molecular weight is 153 g/mol. The molecule has 0 bridgehead atoms. The van der Waals surface area contributed by atoms with E-state index in [-0.39, 0.29) is 18.2 Å². The van der Waals surface area contributed by atoms with Crippen LogP contribution in [0.15, 0.2) is 0 Å². The maximum Gasteiger partial charge on any atom is 0.217 e. The zero-order valence-electron chi connectivity index (χ0n) is 6.52. The van der Waals surface area contributed by atoms with Crippen molar-refractivity contribution in [3.63, 3.8) is 0 Å². The van der Waals surface area contributed by atoms with E-state index in [1.807, 2.05) is 0 Å². The van der Waals surface area contributed by atoms with Crippen molar-refractivity contribution in [3.8, 4) is 12.3 Å². The number of nitrogens with one attached hydrogen (secondary N) is 1. The third-order valence-electron chi connectivity index (χ3n) is 1.08. The Kier molecular flexibility index (Phi) is 4.83. The fourth-order valence-corrected chi connectivity index (χ4v) is 0.523. The van der Waals surface area contributed by atoms with Gasteiger partial charge in [-0.15, -0.1) is 12.3 Å². The summed E-state index contributed by atoms with van der Waals surface area (Å²) in [7, 11) is 0. The first kappa shape index (κ1) is 9.70. The van der Waals surface area contributed by atoms with Gasteiger partial charge in [-0.3, -0.25) is 9.59 Å². The van der Waals surface area contributed by atoms with Crippen molar-refractivity contribution in [2.45, 2.75) is 19.8 Å². The normalized spacial score (nSPS) is 8.36. The molecule has 1 amide bonds. The molecule has 0 aliphatic rings. The molecule has 0 saturated heterocycles. The Bertz CT molecular complexity index is 191. The number of ketones is 1. The van der Waals surface area contributed by atoms with Crippen LogP contribution in [0.1, 0.15) is 19.8 Å². The van der Waals surface area contributed by atoms with Gasteiger partial charge in [0.15, 0.2) is 5.78 Å². The standard InChI is InChI=1S/C8H11NO2/c1-3-4-5-8(11)6-9-7(2)10/h1H,4-6H2,2H3,(H,9,10). The van der Waals surface area contributed by atoms with Gasteiger partial charge in [-0.1, -0.05) is 0 Å². The van der Waals surface area contributed by atoms with Crippen molar-refractivity contribution < 1.29 is 9.59 Å². The molecule has 1 N–H and O–H groups in total. The first-order valence-electron chi connectivity index (χ1n) is 3.36. The van der Waals surface area contributed by atoms with Gasteiger partial charge in [-0.25, -0.2) is 0 Å². The molecule has 0 aromatic heterocycles. The van der Waals surface area contributed by atoms with E-state index in [4.69, 9.17) is 6.42 Å². The second-order valence-corrected chi connectivity index (χ2v) is 2.15. The monoisotopic (exact) mass is 153 g/mol. The number of amides is 1. The van der Waals surface area contributed by atoms with Crippen molar-refractivity contribution in [2.24, 2.45) is 0 Å². The number of hydrogen-bond donors (Lipinski definition) is 1. The van der Waals surface area contributed by atoms with Crippen LogP contribution in [-0.4, -0.2) is 18.2 Å². The highest BCUT2D eigenvalue weighted by Crippen LogP contribution is 1.86. The van der Waals surface area contributed by atoms with Gasteiger partial charge in [0.2, 0.25) is 5.91 Å². The molecule has 0 spiro atoms. The van der Waals surface area contributed by atoms with Crippen molar-refractivity contribution in [1.29, 1.82) is 0 Å². The van der Waals surface area contributed by atoms with E-state index in [1.165, 1.54) is 6.92 Å². The predicted molar refractivity (Wildman–Crippen MR) is 41.8 cm³/mol. The molecule has 0 heterocycles. The summed E-state index contributed by atoms with van der Waals surface area (Å²) in [4.78, 5) is 21.1. The highest BCUT2D eigenvalue weighted by atomic mass is 16.2. The van der Waals surface area contributed by atoms with Crippen LogP contribution in [0.3, 0.4) is 0 Å². The number of Topliss-reactive ketones (excluding diaryl/α,β-unsaturated/α-hetero) is 1. The van der Waals surface area contributed by atoms with Gasteiger partial charge in [0, 0.05) is 19.8 Å². The maximum absolute atomic E-state index is 10.8. The average Bonchev–Trinajstić information content (AvgIpc) is 1.97. The molecule has 0 rings (SSSR count). The molecule has 3 heteroatoms. The molecular weight excluding hydrogens is 142 g/mol. The molecule has 0 atom stereocenters. The molecule has 0 unspecified atom stereocenters. The number of terminal acetylenes is 1. The van der Waals surface area contributed by atoms with E-state index in [0.29, 0.717) is 12.8 Å². The summed E-state index contributed by atoms with van der Waals surface area (Å²) >= 11 is 0. The van der Waals surface area contributed by atoms with Crippen LogP contribution in [0.5, 0.6) is 0 Å². The second-order valence-electron chi connectivity index (χ2n) is 2.15. The smallest absolute Gasteiger partial charge is 0.217 e. The van der Waals surface area contributed by atoms with Crippen LogP contribution < -0.4 is 5.32 Å². The molecule has 0 saturated carbocycles. The van der Waals surface area contributed by atoms with Gasteiger partial charge in [-0.2, -0.15) is 0 Å². The van der Waals surface area contributed by atoms with Crippen LogP contribution in [0, 0.1) is 12.3 Å². The maximum atomic E-state index is 10.8. The molecule has 60 valence electrons. The Hall–Kier alpha value is -1.30. The summed E-state index contributed by atoms with van der Waals surface area (Å²) in [5.74, 6) is 2.13. The van der Waals surface area contributed by atoms with Crippen LogP contribution >= 0.6 is 0 Å². The Morgan fingerprint density at radius 3 is 2.64 bits per heavy atom. The van der Waals surface area contributed by atoms with E-state index in [0.717, 1.165) is 0 Å². The fourth-order valence-electron chi connectivity index (χ4n) is 0.523. The molecule has 0 radical (unpaired) electrons. The molecule has 0 aromatic carbocycles. The van der Waals surface area contributed by atoms with E-state index >= 15 is 0 Å². The number of rotatable bonds is 4. The topological polar surface area (TPSA) is 46.2 Å². The highest BCUT2D eigenvalue weighted by molar-refractivity contribution is 5.85. The van der Waals surface area contributed by atoms with Gasteiger partial charge in [-0.05, 0) is 0 Å². The van der Waals surface area contributed by atoms with Gasteiger partial charge in [0.25, 0.3) is 0 Å². The Balaban J connectivity index is 3.39. The molecule has 0 aliphatic heterocycles. The van der Waals surface area contributed by atoms with Gasteiger partial charge in [0.1, 0.15) is 0 Å². The van der Waals surface area contributed by atoms with Crippen LogP contribution in [0.4, 0.5) is 0 Å². The second kappa shape index (κ2) is 5.48. The lowest BCUT2D eigenvalue weighted by molar-refractivity contribution is -0.123. The molecule has 3 nitrogen and oxygen atoms in total. The van der Waals surface area contributed by atoms with Crippen molar-refractivity contribution >= 4 is 11.7 Å². The molecule has 11 heavy (non-hydrogen) atoms. The van der Waals surface area contributed by atoms with Crippen molar-refractivity contribution in [1.82, 2.24) is 5.32 Å². The van der Waals surface area contributed by atoms with E-state index in [1.54, 1.807) is 0 Å². The SMILES string of the molecule is C#CCCC(=O)CNC(C)=O. The van der Waals surface area contributed by atoms with Gasteiger partial charge in [0.05, 0.1) is 6.54 Å². The number of carbonyl (C=O) groups is 2. The minimum absolute atomic E-state index is 0.0295. The molecule has 0 fully saturated rings. The van der Waals surface area contributed by atoms with Gasteiger partial charge < -0.3 is 5.32 Å². The number of hydrogen-bond acceptors (Lipinski definition) is 2. The lowest BCUT2D eigenvalue weighted by atomic mass is 10.2. The number of carbonyl (C=O) groups excluding carboxylic acids is 2. The van der Waals surface area contributed by atoms with Crippen molar-refractivity contribution in [3.05, 3.63) is 0 Å². The lowest BCUT2D eigenvalue weighted by Gasteiger charge is -1.97. The third kappa shape index (κ3) is 6.59. The summed E-state index contributed by atoms with van der Waals surface area (Å²) in [6.45, 7) is 1.46. The quantitative estimate of drug-likeness (QED) is 0.582. The Morgan fingerprint density at radius 1 is 1.55 bits per heavy atom. The van der Waals surface area contributed by atoms with Gasteiger partial charge >= 0.3 is 0 Å². The summed E-state index contributed by atoms with van der Waals surface area (Å²) in [5, 5.41) is 2.40. The van der Waals surface area contributed by atoms with Crippen LogP contribution in [0.2, 0.25) is 0 Å². The third-order valence-corrected chi connectivity index (χ3v) is 1.08. The van der Waals surface area contributed by atoms with E-state index < -0.39 is 0 Å².